The van der Waals surface area contributed by atoms with E-state index in [1.165, 1.54) is 0 Å². The summed E-state index contributed by atoms with van der Waals surface area (Å²) in [5, 5.41) is 25.2. The van der Waals surface area contributed by atoms with Crippen molar-refractivity contribution in [3.8, 4) is 16.9 Å². The third-order valence-corrected chi connectivity index (χ3v) is 7.67. The fourth-order valence-corrected chi connectivity index (χ4v) is 5.96. The highest BCUT2D eigenvalue weighted by molar-refractivity contribution is 6.35. The molecule has 3 heterocycles. The van der Waals surface area contributed by atoms with Gasteiger partial charge in [-0.1, -0.05) is 54.1 Å². The number of aryl methyl sites for hydroxylation is 3. The maximum Gasteiger partial charge on any atom is 0.352 e. The van der Waals surface area contributed by atoms with E-state index in [9.17, 15) is 9.90 Å². The number of aromatic nitrogens is 3. The molecule has 0 saturated carbocycles. The molecule has 0 fully saturated rings. The summed E-state index contributed by atoms with van der Waals surface area (Å²) in [4.78, 5) is 12.7. The molecule has 0 aliphatic carbocycles. The maximum atomic E-state index is 12.7. The number of nitrogens with one attached hydrogen (secondary N) is 2. The third kappa shape index (κ3) is 4.22. The standard InChI is InChI=1S/C30H29ClN4O3/c1-18-26-24(34-33-18)17-32-14-6-15-35-28-22(12-13-23(31)27(26)28)21(29(35)30(36)37)10-5-16-38-25-11-4-8-19-7-2-3-9-20(19)25/h2-4,7-9,11-13,32H,5-6,10,14-17H2,1H3,(H,33,34)(H,36,37). The van der Waals surface area contributed by atoms with Gasteiger partial charge in [0.05, 0.1) is 22.8 Å². The number of rotatable bonds is 6. The second-order valence-corrected chi connectivity index (χ2v) is 10.1. The van der Waals surface area contributed by atoms with E-state index in [4.69, 9.17) is 16.3 Å². The number of aromatic carboxylic acids is 1. The lowest BCUT2D eigenvalue weighted by molar-refractivity contribution is 0.0684. The van der Waals surface area contributed by atoms with Crippen LogP contribution in [0.1, 0.15) is 40.3 Å². The number of hydrogen-bond acceptors (Lipinski definition) is 4. The Balaban J connectivity index is 1.40. The summed E-state index contributed by atoms with van der Waals surface area (Å²) in [6.45, 7) is 4.42. The van der Waals surface area contributed by atoms with Crippen molar-refractivity contribution in [2.24, 2.45) is 0 Å². The van der Waals surface area contributed by atoms with Gasteiger partial charge in [0.15, 0.2) is 0 Å². The smallest absolute Gasteiger partial charge is 0.352 e. The van der Waals surface area contributed by atoms with Crippen molar-refractivity contribution in [1.82, 2.24) is 20.1 Å². The number of carboxylic acid groups (broad SMARTS) is 1. The Morgan fingerprint density at radius 1 is 1.11 bits per heavy atom. The zero-order valence-electron chi connectivity index (χ0n) is 21.2. The van der Waals surface area contributed by atoms with E-state index in [2.05, 4.69) is 33.7 Å². The first-order valence-electron chi connectivity index (χ1n) is 13.0. The average Bonchev–Trinajstić information content (AvgIpc) is 3.44. The molecule has 194 valence electrons. The molecule has 8 heteroatoms. The molecule has 0 saturated heterocycles. The molecule has 6 rings (SSSR count). The number of benzene rings is 3. The molecule has 3 aromatic carbocycles. The highest BCUT2D eigenvalue weighted by Crippen LogP contribution is 2.42. The molecule has 0 atom stereocenters. The minimum Gasteiger partial charge on any atom is -0.493 e. The zero-order valence-corrected chi connectivity index (χ0v) is 21.9. The van der Waals surface area contributed by atoms with Gasteiger partial charge in [-0.05, 0) is 55.8 Å². The number of hydrogen-bond donors (Lipinski definition) is 3. The number of H-pyrrole nitrogens is 1. The molecule has 0 unspecified atom stereocenters. The van der Waals surface area contributed by atoms with Crippen molar-refractivity contribution >= 4 is 39.2 Å². The number of halogens is 1. The van der Waals surface area contributed by atoms with Gasteiger partial charge in [-0.25, -0.2) is 4.79 Å². The van der Waals surface area contributed by atoms with Crippen LogP contribution in [0.2, 0.25) is 5.02 Å². The summed E-state index contributed by atoms with van der Waals surface area (Å²) in [5.41, 5.74) is 5.60. The largest absolute Gasteiger partial charge is 0.493 e. The lowest BCUT2D eigenvalue weighted by atomic mass is 9.98. The van der Waals surface area contributed by atoms with Crippen molar-refractivity contribution in [1.29, 1.82) is 0 Å². The molecule has 0 spiro atoms. The van der Waals surface area contributed by atoms with Gasteiger partial charge in [-0.15, -0.1) is 0 Å². The lowest BCUT2D eigenvalue weighted by Gasteiger charge is -2.16. The second kappa shape index (κ2) is 10.2. The first-order chi connectivity index (χ1) is 18.5. The van der Waals surface area contributed by atoms with Crippen molar-refractivity contribution in [3.63, 3.8) is 0 Å². The summed E-state index contributed by atoms with van der Waals surface area (Å²) in [7, 11) is 0. The van der Waals surface area contributed by atoms with Crippen LogP contribution in [0.15, 0.2) is 54.6 Å². The van der Waals surface area contributed by atoms with Crippen LogP contribution in [0.4, 0.5) is 0 Å². The minimum atomic E-state index is -0.928. The van der Waals surface area contributed by atoms with Crippen molar-refractivity contribution < 1.29 is 14.6 Å². The lowest BCUT2D eigenvalue weighted by Crippen LogP contribution is -2.20. The number of fused-ring (bicyclic) bond motifs is 3. The van der Waals surface area contributed by atoms with Crippen molar-refractivity contribution in [2.75, 3.05) is 13.2 Å². The van der Waals surface area contributed by atoms with Crippen LogP contribution >= 0.6 is 11.6 Å². The number of aromatic amines is 1. The van der Waals surface area contributed by atoms with Crippen molar-refractivity contribution in [2.45, 2.75) is 39.3 Å². The Labute approximate surface area is 225 Å². The fraction of sp³-hybridized carbons (Fsp3) is 0.267. The topological polar surface area (TPSA) is 92.2 Å². The second-order valence-electron chi connectivity index (χ2n) is 9.73. The van der Waals surface area contributed by atoms with Crippen LogP contribution in [0.25, 0.3) is 32.8 Å². The van der Waals surface area contributed by atoms with Gasteiger partial charge >= 0.3 is 5.97 Å². The number of carboxylic acids is 1. The molecule has 2 aromatic heterocycles. The number of nitrogens with zero attached hydrogens (tertiary/aromatic N) is 2. The predicted octanol–water partition coefficient (Wildman–Crippen LogP) is 6.35. The Morgan fingerprint density at radius 2 is 1.95 bits per heavy atom. The quantitative estimate of drug-likeness (QED) is 0.223. The van der Waals surface area contributed by atoms with E-state index < -0.39 is 5.97 Å². The predicted molar refractivity (Wildman–Crippen MR) is 150 cm³/mol. The van der Waals surface area contributed by atoms with Gasteiger partial charge in [0.2, 0.25) is 0 Å². The summed E-state index contributed by atoms with van der Waals surface area (Å²) in [6.07, 6.45) is 2.04. The highest BCUT2D eigenvalue weighted by Gasteiger charge is 2.28. The van der Waals surface area contributed by atoms with Crippen LogP contribution < -0.4 is 10.1 Å². The van der Waals surface area contributed by atoms with Crippen LogP contribution in [0, 0.1) is 6.92 Å². The van der Waals surface area contributed by atoms with Crippen molar-refractivity contribution in [3.05, 3.63) is 82.3 Å². The van der Waals surface area contributed by atoms with Gasteiger partial charge < -0.3 is 19.7 Å². The SMILES string of the molecule is Cc1[nH]nc2c1-c1c(Cl)ccc3c(CCCOc4cccc5ccccc45)c(C(=O)O)n(c13)CCCNC2. The molecule has 0 radical (unpaired) electrons. The first kappa shape index (κ1) is 24.5. The van der Waals surface area contributed by atoms with E-state index in [0.717, 1.165) is 68.5 Å². The molecule has 5 aromatic rings. The molecule has 7 nitrogen and oxygen atoms in total. The summed E-state index contributed by atoms with van der Waals surface area (Å²) >= 11 is 6.83. The van der Waals surface area contributed by atoms with Gasteiger partial charge in [0.1, 0.15) is 11.4 Å². The Hall–Kier alpha value is -3.81. The molecule has 1 aliphatic rings. The van der Waals surface area contributed by atoms with Crippen LogP contribution in [0.5, 0.6) is 5.75 Å². The van der Waals surface area contributed by atoms with Gasteiger partial charge in [-0.3, -0.25) is 5.10 Å². The van der Waals surface area contributed by atoms with Crippen LogP contribution in [-0.4, -0.2) is 39.0 Å². The molecular formula is C30H29ClN4O3. The number of carbonyl (C=O) groups is 1. The Kier molecular flexibility index (Phi) is 6.55. The molecule has 3 N–H and O–H groups in total. The highest BCUT2D eigenvalue weighted by atomic mass is 35.5. The molecule has 1 aliphatic heterocycles. The number of ether oxygens (including phenoxy) is 1. The van der Waals surface area contributed by atoms with E-state index in [1.54, 1.807) is 0 Å². The summed E-state index contributed by atoms with van der Waals surface area (Å²) in [6, 6.07) is 18.0. The Bertz CT molecular complexity index is 1660. The first-order valence-corrected chi connectivity index (χ1v) is 13.3. The monoisotopic (exact) mass is 528 g/mol. The summed E-state index contributed by atoms with van der Waals surface area (Å²) in [5.74, 6) is -0.0886. The van der Waals surface area contributed by atoms with Crippen LogP contribution in [0.3, 0.4) is 0 Å². The fourth-order valence-electron chi connectivity index (χ4n) is 5.71. The van der Waals surface area contributed by atoms with Crippen LogP contribution in [-0.2, 0) is 19.5 Å². The molecule has 38 heavy (non-hydrogen) atoms. The molecule has 0 amide bonds. The van der Waals surface area contributed by atoms with Gasteiger partial charge in [-0.2, -0.15) is 5.10 Å². The molecular weight excluding hydrogens is 500 g/mol. The zero-order chi connectivity index (χ0) is 26.2. The maximum absolute atomic E-state index is 12.7. The van der Waals surface area contributed by atoms with E-state index in [1.807, 2.05) is 47.9 Å². The van der Waals surface area contributed by atoms with Gasteiger partial charge in [0.25, 0.3) is 0 Å². The van der Waals surface area contributed by atoms with E-state index in [-0.39, 0.29) is 0 Å². The molecule has 0 bridgehead atoms. The summed E-state index contributed by atoms with van der Waals surface area (Å²) < 4.78 is 8.12. The third-order valence-electron chi connectivity index (χ3n) is 7.36. The van der Waals surface area contributed by atoms with E-state index >= 15 is 0 Å². The average molecular weight is 529 g/mol. The van der Waals surface area contributed by atoms with E-state index in [0.29, 0.717) is 43.3 Å². The Morgan fingerprint density at radius 3 is 2.82 bits per heavy atom. The normalized spacial score (nSPS) is 13.5. The minimum absolute atomic E-state index is 0.331. The van der Waals surface area contributed by atoms with Gasteiger partial charge in [0, 0.05) is 40.7 Å².